The summed E-state index contributed by atoms with van der Waals surface area (Å²) < 4.78 is 19.8. The molecule has 0 saturated heterocycles. The van der Waals surface area contributed by atoms with Gasteiger partial charge in [-0.2, -0.15) is 0 Å². The Morgan fingerprint density at radius 3 is 2.65 bits per heavy atom. The highest BCUT2D eigenvalue weighted by Crippen LogP contribution is 2.29. The first-order valence-electron chi connectivity index (χ1n) is 5.67. The van der Waals surface area contributed by atoms with Gasteiger partial charge in [-0.1, -0.05) is 34.1 Å². The molecule has 0 aliphatic carbocycles. The number of carbonyl (C=O) groups is 1. The third-order valence-electron chi connectivity index (χ3n) is 2.43. The molecule has 5 heteroatoms. The number of carbonyl (C=O) groups excluding carboxylic acids is 1. The van der Waals surface area contributed by atoms with Gasteiger partial charge < -0.3 is 14.6 Å². The van der Waals surface area contributed by atoms with Crippen LogP contribution in [0, 0.1) is 5.82 Å². The molecule has 0 heterocycles. The van der Waals surface area contributed by atoms with Crippen LogP contribution in [-0.2, 0) is 4.79 Å². The summed E-state index contributed by atoms with van der Waals surface area (Å²) in [5.41, 5.74) is 0.513. The molecule has 0 aliphatic heterocycles. The van der Waals surface area contributed by atoms with Crippen LogP contribution in [0.1, 0.15) is 5.56 Å². The van der Waals surface area contributed by atoms with Crippen LogP contribution in [0.25, 0.3) is 6.08 Å². The van der Waals surface area contributed by atoms with Crippen LogP contribution >= 0.6 is 15.9 Å². The van der Waals surface area contributed by atoms with Crippen molar-refractivity contribution < 1.29 is 19.0 Å². The molecule has 102 valence electrons. The van der Waals surface area contributed by atoms with Gasteiger partial charge in [0.25, 0.3) is 0 Å². The van der Waals surface area contributed by atoms with Crippen molar-refractivity contribution in [3.8, 4) is 11.5 Å². The van der Waals surface area contributed by atoms with E-state index >= 15 is 0 Å². The minimum absolute atomic E-state index is 0.0579. The topological polar surface area (TPSA) is 49.4 Å². The van der Waals surface area contributed by atoms with Crippen LogP contribution in [0.15, 0.2) is 53.0 Å². The number of hydrogen-bond donors (Lipinski definition) is 0. The quantitative estimate of drug-likeness (QED) is 0.806. The monoisotopic (exact) mass is 335 g/mol. The van der Waals surface area contributed by atoms with Gasteiger partial charge in [-0.25, -0.2) is 4.39 Å². The molecule has 2 aromatic carbocycles. The second-order valence-corrected chi connectivity index (χ2v) is 4.78. The fourth-order valence-electron chi connectivity index (χ4n) is 1.55. The molecule has 0 radical (unpaired) electrons. The lowest BCUT2D eigenvalue weighted by molar-refractivity contribution is -0.297. The maximum Gasteiger partial charge on any atom is 0.166 e. The van der Waals surface area contributed by atoms with Gasteiger partial charge in [-0.3, -0.25) is 0 Å². The van der Waals surface area contributed by atoms with E-state index in [1.54, 1.807) is 30.3 Å². The largest absolute Gasteiger partial charge is 0.545 e. The van der Waals surface area contributed by atoms with Crippen molar-refractivity contribution in [1.29, 1.82) is 0 Å². The normalized spacial score (nSPS) is 10.7. The van der Waals surface area contributed by atoms with E-state index in [4.69, 9.17) is 4.74 Å². The average Bonchev–Trinajstić information content (AvgIpc) is 2.41. The Balaban J connectivity index is 2.31. The molecule has 2 rings (SSSR count). The lowest BCUT2D eigenvalue weighted by Crippen LogP contribution is -2.18. The fourth-order valence-corrected chi connectivity index (χ4v) is 1.88. The first kappa shape index (κ1) is 14.3. The average molecular weight is 336 g/mol. The lowest BCUT2D eigenvalue weighted by Gasteiger charge is -2.09. The first-order chi connectivity index (χ1) is 9.56. The Kier molecular flexibility index (Phi) is 4.53. The molecule has 0 atom stereocenters. The fraction of sp³-hybridized carbons (Fsp3) is 0. The highest BCUT2D eigenvalue weighted by molar-refractivity contribution is 9.10. The molecule has 0 aliphatic rings. The molecule has 0 saturated carbocycles. The Hall–Kier alpha value is -2.14. The van der Waals surface area contributed by atoms with E-state index in [1.807, 2.05) is 0 Å². The van der Waals surface area contributed by atoms with Crippen LogP contribution in [0.4, 0.5) is 4.39 Å². The van der Waals surface area contributed by atoms with Crippen molar-refractivity contribution in [3.63, 3.8) is 0 Å². The maximum absolute atomic E-state index is 13.7. The van der Waals surface area contributed by atoms with Gasteiger partial charge >= 0.3 is 0 Å². The van der Waals surface area contributed by atoms with Crippen LogP contribution in [0.5, 0.6) is 11.5 Å². The second kappa shape index (κ2) is 6.34. The van der Waals surface area contributed by atoms with E-state index in [1.165, 1.54) is 18.2 Å². The van der Waals surface area contributed by atoms with E-state index in [-0.39, 0.29) is 5.75 Å². The third-order valence-corrected chi connectivity index (χ3v) is 2.93. The highest BCUT2D eigenvalue weighted by atomic mass is 79.9. The number of aliphatic carboxylic acids is 1. The molecule has 0 amide bonds. The summed E-state index contributed by atoms with van der Waals surface area (Å²) in [5, 5.41) is 10.4. The Bertz CT molecular complexity index is 668. The molecule has 0 bridgehead atoms. The zero-order valence-corrected chi connectivity index (χ0v) is 11.8. The van der Waals surface area contributed by atoms with E-state index in [0.29, 0.717) is 15.8 Å². The molecular weight excluding hydrogens is 327 g/mol. The van der Waals surface area contributed by atoms with E-state index in [2.05, 4.69) is 15.9 Å². The van der Waals surface area contributed by atoms with Gasteiger partial charge in [-0.05, 0) is 36.4 Å². The van der Waals surface area contributed by atoms with Crippen LogP contribution in [-0.4, -0.2) is 5.97 Å². The molecule has 0 unspecified atom stereocenters. The van der Waals surface area contributed by atoms with Crippen LogP contribution < -0.4 is 9.84 Å². The number of carboxylic acid groups (broad SMARTS) is 1. The van der Waals surface area contributed by atoms with Crippen molar-refractivity contribution in [3.05, 3.63) is 64.4 Å². The van der Waals surface area contributed by atoms with Gasteiger partial charge in [0.05, 0.1) is 5.97 Å². The third kappa shape index (κ3) is 3.68. The molecule has 0 spiro atoms. The van der Waals surface area contributed by atoms with Gasteiger partial charge in [0.15, 0.2) is 11.6 Å². The predicted molar refractivity (Wildman–Crippen MR) is 74.7 cm³/mol. The molecule has 2 aromatic rings. The Labute approximate surface area is 123 Å². The van der Waals surface area contributed by atoms with Gasteiger partial charge in [0.1, 0.15) is 5.75 Å². The molecule has 0 fully saturated rings. The standard InChI is InChI=1S/C15H10BrFO3/c16-11-6-7-14(12(17)9-11)20-13-4-2-1-3-10(13)5-8-15(18)19/h1-9H,(H,18,19)/p-1/b8-5+. The first-order valence-corrected chi connectivity index (χ1v) is 6.46. The van der Waals surface area contributed by atoms with Crippen molar-refractivity contribution in [1.82, 2.24) is 0 Å². The van der Waals surface area contributed by atoms with Crippen LogP contribution in [0.3, 0.4) is 0 Å². The number of rotatable bonds is 4. The number of halogens is 2. The lowest BCUT2D eigenvalue weighted by atomic mass is 10.2. The minimum Gasteiger partial charge on any atom is -0.545 e. The van der Waals surface area contributed by atoms with E-state index in [0.717, 1.165) is 6.08 Å². The van der Waals surface area contributed by atoms with E-state index < -0.39 is 11.8 Å². The van der Waals surface area contributed by atoms with Gasteiger partial charge in [-0.15, -0.1) is 0 Å². The van der Waals surface area contributed by atoms with Crippen molar-refractivity contribution >= 4 is 28.0 Å². The summed E-state index contributed by atoms with van der Waals surface area (Å²) in [6.45, 7) is 0. The van der Waals surface area contributed by atoms with Crippen molar-refractivity contribution in [2.45, 2.75) is 0 Å². The number of ether oxygens (including phenoxy) is 1. The smallest absolute Gasteiger partial charge is 0.166 e. The van der Waals surface area contributed by atoms with Crippen molar-refractivity contribution in [2.24, 2.45) is 0 Å². The summed E-state index contributed by atoms with van der Waals surface area (Å²) >= 11 is 3.16. The summed E-state index contributed by atoms with van der Waals surface area (Å²) in [6.07, 6.45) is 2.22. The molecule has 20 heavy (non-hydrogen) atoms. The molecule has 0 N–H and O–H groups in total. The van der Waals surface area contributed by atoms with Gasteiger partial charge in [0, 0.05) is 10.0 Å². The maximum atomic E-state index is 13.7. The van der Waals surface area contributed by atoms with E-state index in [9.17, 15) is 14.3 Å². The SMILES string of the molecule is O=C([O-])/C=C/c1ccccc1Oc1ccc(Br)cc1F. The Morgan fingerprint density at radius 1 is 1.20 bits per heavy atom. The number of benzene rings is 2. The summed E-state index contributed by atoms with van der Waals surface area (Å²) in [7, 11) is 0. The number of para-hydroxylation sites is 1. The Morgan fingerprint density at radius 2 is 1.95 bits per heavy atom. The number of hydrogen-bond acceptors (Lipinski definition) is 3. The summed E-state index contributed by atoms with van der Waals surface area (Å²) in [4.78, 5) is 10.4. The molecule has 3 nitrogen and oxygen atoms in total. The second-order valence-electron chi connectivity index (χ2n) is 3.87. The zero-order valence-electron chi connectivity index (χ0n) is 10.2. The predicted octanol–water partition coefficient (Wildman–Crippen LogP) is 3.14. The molecule has 0 aromatic heterocycles. The zero-order chi connectivity index (χ0) is 14.5. The minimum atomic E-state index is -1.31. The van der Waals surface area contributed by atoms with Crippen LogP contribution in [0.2, 0.25) is 0 Å². The molecular formula is C15H9BrFO3-. The highest BCUT2D eigenvalue weighted by Gasteiger charge is 2.07. The summed E-state index contributed by atoms with van der Waals surface area (Å²) in [6, 6.07) is 11.1. The van der Waals surface area contributed by atoms with Crippen molar-refractivity contribution in [2.75, 3.05) is 0 Å². The van der Waals surface area contributed by atoms with Gasteiger partial charge in [0.2, 0.25) is 0 Å². The summed E-state index contributed by atoms with van der Waals surface area (Å²) in [5.74, 6) is -1.42. The number of carboxylic acids is 1.